The molecule has 0 radical (unpaired) electrons. The molecule has 1 aliphatic heterocycles. The molecule has 1 aromatic carbocycles. The Bertz CT molecular complexity index is 1060. The predicted molar refractivity (Wildman–Crippen MR) is 105 cm³/mol. The summed E-state index contributed by atoms with van der Waals surface area (Å²) in [5.74, 6) is 0.872. The number of benzene rings is 1. The standard InChI is InChI=1S/C21H20ClF2N5/c22-15-5-6-18-14(7-15)9-25-11-19-27-28-21(29(18)19)13-3-1-12(2-4-13)20-17(24)8-16(23)10-26-20/h5-8,10,12-13,25H,1-4,9,11H2/t12-,13-. The third kappa shape index (κ3) is 3.42. The molecule has 1 aliphatic carbocycles. The van der Waals surface area contributed by atoms with Crippen molar-refractivity contribution in [1.29, 1.82) is 0 Å². The largest absolute Gasteiger partial charge is 0.306 e. The van der Waals surface area contributed by atoms with E-state index < -0.39 is 11.6 Å². The Morgan fingerprint density at radius 3 is 2.59 bits per heavy atom. The summed E-state index contributed by atoms with van der Waals surface area (Å²) in [5, 5.41) is 13.0. The molecule has 0 saturated heterocycles. The minimum absolute atomic E-state index is 0.00568. The molecular formula is C21H20ClF2N5. The van der Waals surface area contributed by atoms with Gasteiger partial charge in [-0.1, -0.05) is 11.6 Å². The van der Waals surface area contributed by atoms with Gasteiger partial charge in [0.1, 0.15) is 17.5 Å². The third-order valence-corrected chi connectivity index (χ3v) is 6.19. The Hall–Kier alpha value is -2.38. The van der Waals surface area contributed by atoms with E-state index in [1.807, 2.05) is 18.2 Å². The smallest absolute Gasteiger partial charge is 0.151 e. The van der Waals surface area contributed by atoms with E-state index >= 15 is 0 Å². The maximum Gasteiger partial charge on any atom is 0.151 e. The molecule has 0 bridgehead atoms. The van der Waals surface area contributed by atoms with Gasteiger partial charge in [0, 0.05) is 29.5 Å². The minimum atomic E-state index is -0.640. The number of hydrogen-bond acceptors (Lipinski definition) is 4. The average molecular weight is 416 g/mol. The van der Waals surface area contributed by atoms with Crippen LogP contribution in [0, 0.1) is 11.6 Å². The van der Waals surface area contributed by atoms with Crippen LogP contribution in [0.5, 0.6) is 0 Å². The van der Waals surface area contributed by atoms with Crippen LogP contribution in [0.15, 0.2) is 30.5 Å². The van der Waals surface area contributed by atoms with Gasteiger partial charge in [-0.2, -0.15) is 0 Å². The van der Waals surface area contributed by atoms with Gasteiger partial charge >= 0.3 is 0 Å². The second-order valence-electron chi connectivity index (χ2n) is 7.76. The van der Waals surface area contributed by atoms with E-state index in [9.17, 15) is 8.78 Å². The van der Waals surface area contributed by atoms with Crippen LogP contribution in [0.4, 0.5) is 8.78 Å². The van der Waals surface area contributed by atoms with E-state index in [4.69, 9.17) is 11.6 Å². The van der Waals surface area contributed by atoms with Crippen LogP contribution in [0.2, 0.25) is 5.02 Å². The first kappa shape index (κ1) is 18.6. The molecule has 8 heteroatoms. The van der Waals surface area contributed by atoms with Crippen LogP contribution in [0.25, 0.3) is 5.69 Å². The van der Waals surface area contributed by atoms with Crippen molar-refractivity contribution >= 4 is 11.6 Å². The lowest BCUT2D eigenvalue weighted by Gasteiger charge is -2.28. The normalized spacial score (nSPS) is 21.3. The second kappa shape index (κ2) is 7.46. The first-order chi connectivity index (χ1) is 14.1. The fourth-order valence-corrected chi connectivity index (χ4v) is 4.74. The molecule has 5 rings (SSSR count). The van der Waals surface area contributed by atoms with Crippen LogP contribution in [0.3, 0.4) is 0 Å². The van der Waals surface area contributed by atoms with Gasteiger partial charge in [0.15, 0.2) is 5.82 Å². The van der Waals surface area contributed by atoms with Gasteiger partial charge in [-0.25, -0.2) is 8.78 Å². The molecule has 150 valence electrons. The summed E-state index contributed by atoms with van der Waals surface area (Å²) in [6.45, 7) is 1.36. The Morgan fingerprint density at radius 2 is 1.79 bits per heavy atom. The van der Waals surface area contributed by atoms with Crippen molar-refractivity contribution in [1.82, 2.24) is 25.1 Å². The highest BCUT2D eigenvalue weighted by Crippen LogP contribution is 2.41. The van der Waals surface area contributed by atoms with E-state index in [1.54, 1.807) is 0 Å². The molecule has 0 spiro atoms. The molecule has 1 fully saturated rings. The lowest BCUT2D eigenvalue weighted by atomic mass is 9.79. The van der Waals surface area contributed by atoms with Crippen molar-refractivity contribution < 1.29 is 8.78 Å². The lowest BCUT2D eigenvalue weighted by Crippen LogP contribution is -2.18. The number of aromatic nitrogens is 4. The Morgan fingerprint density at radius 1 is 1.00 bits per heavy atom. The summed E-state index contributed by atoms with van der Waals surface area (Å²) < 4.78 is 29.4. The van der Waals surface area contributed by atoms with Gasteiger partial charge in [0.25, 0.3) is 0 Å². The quantitative estimate of drug-likeness (QED) is 0.662. The molecule has 0 amide bonds. The maximum atomic E-state index is 14.1. The van der Waals surface area contributed by atoms with Crippen LogP contribution in [0.1, 0.15) is 60.4 Å². The van der Waals surface area contributed by atoms with Crippen molar-refractivity contribution in [2.45, 2.75) is 50.6 Å². The minimum Gasteiger partial charge on any atom is -0.306 e. The van der Waals surface area contributed by atoms with Crippen molar-refractivity contribution in [3.63, 3.8) is 0 Å². The van der Waals surface area contributed by atoms with Gasteiger partial charge in [-0.15, -0.1) is 10.2 Å². The molecule has 1 saturated carbocycles. The topological polar surface area (TPSA) is 55.6 Å². The van der Waals surface area contributed by atoms with Crippen LogP contribution >= 0.6 is 11.6 Å². The van der Waals surface area contributed by atoms with Crippen molar-refractivity contribution in [2.75, 3.05) is 0 Å². The fourth-order valence-electron chi connectivity index (χ4n) is 4.55. The molecule has 0 atom stereocenters. The number of hydrogen-bond donors (Lipinski definition) is 1. The average Bonchev–Trinajstić information content (AvgIpc) is 3.04. The number of nitrogens with zero attached hydrogens (tertiary/aromatic N) is 4. The molecule has 3 heterocycles. The zero-order chi connectivity index (χ0) is 20.0. The molecule has 2 aromatic heterocycles. The summed E-state index contributed by atoms with van der Waals surface area (Å²) >= 11 is 6.19. The van der Waals surface area contributed by atoms with Crippen molar-refractivity contribution in [3.05, 3.63) is 70.0 Å². The third-order valence-electron chi connectivity index (χ3n) is 5.95. The summed E-state index contributed by atoms with van der Waals surface area (Å²) in [6.07, 6.45) is 4.38. The number of halogens is 3. The Labute approximate surface area is 172 Å². The van der Waals surface area contributed by atoms with Crippen molar-refractivity contribution in [3.8, 4) is 5.69 Å². The van der Waals surface area contributed by atoms with Gasteiger partial charge in [0.05, 0.1) is 24.1 Å². The van der Waals surface area contributed by atoms with Crippen LogP contribution in [-0.2, 0) is 13.1 Å². The van der Waals surface area contributed by atoms with Crippen molar-refractivity contribution in [2.24, 2.45) is 0 Å². The van der Waals surface area contributed by atoms with E-state index in [-0.39, 0.29) is 11.8 Å². The molecule has 3 aromatic rings. The molecule has 29 heavy (non-hydrogen) atoms. The SMILES string of the molecule is Fc1cnc([C@H]2CC[C@H](c3nnc4n3-c3ccc(Cl)cc3CNC4)CC2)c(F)c1. The maximum absolute atomic E-state index is 14.1. The zero-order valence-electron chi connectivity index (χ0n) is 15.7. The highest BCUT2D eigenvalue weighted by molar-refractivity contribution is 6.30. The summed E-state index contributed by atoms with van der Waals surface area (Å²) in [6, 6.07) is 6.80. The van der Waals surface area contributed by atoms with E-state index in [2.05, 4.69) is 25.1 Å². The van der Waals surface area contributed by atoms with E-state index in [0.717, 1.165) is 67.4 Å². The number of fused-ring (bicyclic) bond motifs is 3. The van der Waals surface area contributed by atoms with Crippen LogP contribution in [-0.4, -0.2) is 19.7 Å². The number of nitrogens with one attached hydrogen (secondary N) is 1. The summed E-state index contributed by atoms with van der Waals surface area (Å²) in [5.41, 5.74) is 2.54. The van der Waals surface area contributed by atoms with Gasteiger partial charge in [-0.3, -0.25) is 9.55 Å². The highest BCUT2D eigenvalue weighted by Gasteiger charge is 2.31. The monoisotopic (exact) mass is 415 g/mol. The lowest BCUT2D eigenvalue weighted by molar-refractivity contribution is 0.367. The van der Waals surface area contributed by atoms with Gasteiger partial charge < -0.3 is 5.32 Å². The summed E-state index contributed by atoms with van der Waals surface area (Å²) in [7, 11) is 0. The summed E-state index contributed by atoms with van der Waals surface area (Å²) in [4.78, 5) is 4.01. The molecular weight excluding hydrogens is 396 g/mol. The highest BCUT2D eigenvalue weighted by atomic mass is 35.5. The van der Waals surface area contributed by atoms with E-state index in [0.29, 0.717) is 17.3 Å². The van der Waals surface area contributed by atoms with Crippen LogP contribution < -0.4 is 5.32 Å². The first-order valence-electron chi connectivity index (χ1n) is 9.85. The number of pyridine rings is 1. The Balaban J connectivity index is 1.42. The first-order valence-corrected chi connectivity index (χ1v) is 10.2. The zero-order valence-corrected chi connectivity index (χ0v) is 16.5. The van der Waals surface area contributed by atoms with Gasteiger partial charge in [0.2, 0.25) is 0 Å². The van der Waals surface area contributed by atoms with E-state index in [1.165, 1.54) is 0 Å². The van der Waals surface area contributed by atoms with Gasteiger partial charge in [-0.05, 0) is 49.4 Å². The molecule has 5 nitrogen and oxygen atoms in total. The second-order valence-corrected chi connectivity index (χ2v) is 8.19. The fraction of sp³-hybridized carbons (Fsp3) is 0.381. The molecule has 1 N–H and O–H groups in total. The molecule has 2 aliphatic rings. The predicted octanol–water partition coefficient (Wildman–Crippen LogP) is 4.64. The number of rotatable bonds is 2. The molecule has 0 unspecified atom stereocenters. The Kier molecular flexibility index (Phi) is 4.80.